The van der Waals surface area contributed by atoms with Crippen molar-refractivity contribution in [2.45, 2.75) is 18.9 Å². The summed E-state index contributed by atoms with van der Waals surface area (Å²) in [5, 5.41) is 5.61. The van der Waals surface area contributed by atoms with E-state index in [1.54, 1.807) is 20.2 Å². The van der Waals surface area contributed by atoms with Gasteiger partial charge in [0.1, 0.15) is 5.75 Å². The minimum atomic E-state index is -0.106. The number of anilines is 1. The summed E-state index contributed by atoms with van der Waals surface area (Å²) in [6.45, 7) is 0. The Morgan fingerprint density at radius 2 is 2.12 bits per heavy atom. The quantitative estimate of drug-likeness (QED) is 0.810. The molecule has 0 saturated heterocycles. The van der Waals surface area contributed by atoms with Crippen molar-refractivity contribution in [2.24, 2.45) is 0 Å². The Morgan fingerprint density at radius 1 is 1.38 bits per heavy atom. The molecule has 2 rings (SSSR count). The number of carbonyl (C=O) groups excluding carboxylic acids is 1. The van der Waals surface area contributed by atoms with Gasteiger partial charge < -0.3 is 15.4 Å². The first-order valence-corrected chi connectivity index (χ1v) is 5.45. The molecule has 0 bridgehead atoms. The monoisotopic (exact) mass is 220 g/mol. The summed E-state index contributed by atoms with van der Waals surface area (Å²) in [7, 11) is 3.42. The van der Waals surface area contributed by atoms with Crippen LogP contribution < -0.4 is 15.4 Å². The average Bonchev–Trinajstić information content (AvgIpc) is 3.12. The highest BCUT2D eigenvalue weighted by molar-refractivity contribution is 5.99. The van der Waals surface area contributed by atoms with E-state index in [2.05, 4.69) is 10.6 Å². The highest BCUT2D eigenvalue weighted by atomic mass is 16.5. The van der Waals surface area contributed by atoms with Crippen molar-refractivity contribution in [3.05, 3.63) is 23.8 Å². The van der Waals surface area contributed by atoms with E-state index in [0.29, 0.717) is 11.7 Å². The topological polar surface area (TPSA) is 50.4 Å². The van der Waals surface area contributed by atoms with Gasteiger partial charge in [0, 0.05) is 19.8 Å². The Balaban J connectivity index is 2.25. The molecule has 0 radical (unpaired) electrons. The second-order valence-corrected chi connectivity index (χ2v) is 3.85. The molecule has 1 saturated carbocycles. The van der Waals surface area contributed by atoms with Crippen LogP contribution in [-0.2, 0) is 0 Å². The molecule has 1 amide bonds. The Kier molecular flexibility index (Phi) is 2.99. The van der Waals surface area contributed by atoms with Gasteiger partial charge in [-0.3, -0.25) is 4.79 Å². The number of rotatable bonds is 4. The molecule has 0 heterocycles. The molecule has 86 valence electrons. The molecule has 1 aliphatic rings. The van der Waals surface area contributed by atoms with Crippen LogP contribution in [0.2, 0.25) is 0 Å². The maximum atomic E-state index is 11.6. The van der Waals surface area contributed by atoms with Crippen LogP contribution in [0.4, 0.5) is 5.69 Å². The van der Waals surface area contributed by atoms with Crippen molar-refractivity contribution in [3.63, 3.8) is 0 Å². The first-order chi connectivity index (χ1) is 7.74. The second-order valence-electron chi connectivity index (χ2n) is 3.85. The fourth-order valence-electron chi connectivity index (χ4n) is 1.52. The molecule has 0 aliphatic heterocycles. The zero-order chi connectivity index (χ0) is 11.5. The Hall–Kier alpha value is -1.71. The lowest BCUT2D eigenvalue weighted by Gasteiger charge is -2.11. The van der Waals surface area contributed by atoms with Gasteiger partial charge in [0.25, 0.3) is 5.91 Å². The molecule has 16 heavy (non-hydrogen) atoms. The van der Waals surface area contributed by atoms with Gasteiger partial charge in [-0.2, -0.15) is 0 Å². The van der Waals surface area contributed by atoms with Gasteiger partial charge in [0.2, 0.25) is 0 Å². The van der Waals surface area contributed by atoms with E-state index in [4.69, 9.17) is 4.74 Å². The maximum absolute atomic E-state index is 11.6. The van der Waals surface area contributed by atoms with E-state index in [0.717, 1.165) is 24.3 Å². The maximum Gasteiger partial charge on any atom is 0.253 e. The van der Waals surface area contributed by atoms with Crippen LogP contribution in [0, 0.1) is 0 Å². The predicted molar refractivity (Wildman–Crippen MR) is 63.0 cm³/mol. The molecule has 1 fully saturated rings. The first-order valence-electron chi connectivity index (χ1n) is 5.45. The van der Waals surface area contributed by atoms with E-state index in [-0.39, 0.29) is 5.91 Å². The number of nitrogens with one attached hydrogen (secondary N) is 2. The minimum Gasteiger partial charge on any atom is -0.490 e. The van der Waals surface area contributed by atoms with E-state index in [1.165, 1.54) is 0 Å². The van der Waals surface area contributed by atoms with Crippen LogP contribution in [0.15, 0.2) is 18.2 Å². The lowest BCUT2D eigenvalue weighted by atomic mass is 10.1. The van der Waals surface area contributed by atoms with Crippen LogP contribution in [0.1, 0.15) is 23.2 Å². The van der Waals surface area contributed by atoms with Crippen molar-refractivity contribution in [2.75, 3.05) is 19.4 Å². The van der Waals surface area contributed by atoms with Crippen molar-refractivity contribution >= 4 is 11.6 Å². The van der Waals surface area contributed by atoms with E-state index < -0.39 is 0 Å². The second kappa shape index (κ2) is 4.43. The van der Waals surface area contributed by atoms with Gasteiger partial charge in [0.15, 0.2) is 0 Å². The van der Waals surface area contributed by atoms with Gasteiger partial charge in [0.05, 0.1) is 11.7 Å². The number of hydrogen-bond acceptors (Lipinski definition) is 3. The van der Waals surface area contributed by atoms with Gasteiger partial charge in [-0.05, 0) is 31.0 Å². The fraction of sp³-hybridized carbons (Fsp3) is 0.417. The molecule has 1 aromatic carbocycles. The molecule has 2 N–H and O–H groups in total. The van der Waals surface area contributed by atoms with E-state index >= 15 is 0 Å². The lowest BCUT2D eigenvalue weighted by molar-refractivity contribution is 0.0963. The fourth-order valence-corrected chi connectivity index (χ4v) is 1.52. The summed E-state index contributed by atoms with van der Waals surface area (Å²) >= 11 is 0. The third-order valence-corrected chi connectivity index (χ3v) is 2.56. The van der Waals surface area contributed by atoms with Gasteiger partial charge >= 0.3 is 0 Å². The number of carbonyl (C=O) groups is 1. The Morgan fingerprint density at radius 3 is 2.69 bits per heavy atom. The minimum absolute atomic E-state index is 0.106. The third kappa shape index (κ3) is 2.27. The third-order valence-electron chi connectivity index (χ3n) is 2.56. The predicted octanol–water partition coefficient (Wildman–Crippen LogP) is 1.63. The van der Waals surface area contributed by atoms with Crippen molar-refractivity contribution in [1.29, 1.82) is 0 Å². The zero-order valence-electron chi connectivity index (χ0n) is 9.54. The summed E-state index contributed by atoms with van der Waals surface area (Å²) in [5.74, 6) is 0.658. The molecule has 4 nitrogen and oxygen atoms in total. The average molecular weight is 220 g/mol. The van der Waals surface area contributed by atoms with Crippen molar-refractivity contribution in [3.8, 4) is 5.75 Å². The zero-order valence-corrected chi connectivity index (χ0v) is 9.54. The Labute approximate surface area is 95.0 Å². The molecule has 0 aromatic heterocycles. The number of ether oxygens (including phenoxy) is 1. The summed E-state index contributed by atoms with van der Waals surface area (Å²) in [6.07, 6.45) is 2.57. The Bertz CT molecular complexity index is 400. The van der Waals surface area contributed by atoms with Gasteiger partial charge in [-0.25, -0.2) is 0 Å². The van der Waals surface area contributed by atoms with Crippen LogP contribution >= 0.6 is 0 Å². The molecule has 4 heteroatoms. The van der Waals surface area contributed by atoms with Crippen LogP contribution in [0.25, 0.3) is 0 Å². The number of amides is 1. The SMILES string of the molecule is CNC(=O)c1cc(OC2CC2)ccc1NC. The van der Waals surface area contributed by atoms with Crippen molar-refractivity contribution in [1.82, 2.24) is 5.32 Å². The molecular weight excluding hydrogens is 204 g/mol. The van der Waals surface area contributed by atoms with Crippen molar-refractivity contribution < 1.29 is 9.53 Å². The van der Waals surface area contributed by atoms with Gasteiger partial charge in [-0.15, -0.1) is 0 Å². The molecule has 0 atom stereocenters. The summed E-state index contributed by atoms with van der Waals surface area (Å²) in [6, 6.07) is 5.53. The van der Waals surface area contributed by atoms with E-state index in [9.17, 15) is 4.79 Å². The molecule has 0 unspecified atom stereocenters. The summed E-state index contributed by atoms with van der Waals surface area (Å²) in [4.78, 5) is 11.6. The largest absolute Gasteiger partial charge is 0.490 e. The smallest absolute Gasteiger partial charge is 0.253 e. The van der Waals surface area contributed by atoms with Crippen LogP contribution in [0.5, 0.6) is 5.75 Å². The number of hydrogen-bond donors (Lipinski definition) is 2. The highest BCUT2D eigenvalue weighted by Gasteiger charge is 2.24. The lowest BCUT2D eigenvalue weighted by Crippen LogP contribution is -2.19. The van der Waals surface area contributed by atoms with E-state index in [1.807, 2.05) is 12.1 Å². The molecular formula is C12H16N2O2. The number of benzene rings is 1. The molecule has 1 aromatic rings. The van der Waals surface area contributed by atoms with Crippen LogP contribution in [-0.4, -0.2) is 26.1 Å². The van der Waals surface area contributed by atoms with Gasteiger partial charge in [-0.1, -0.05) is 0 Å². The first kappa shape index (κ1) is 10.8. The summed E-state index contributed by atoms with van der Waals surface area (Å²) < 4.78 is 5.65. The van der Waals surface area contributed by atoms with Crippen LogP contribution in [0.3, 0.4) is 0 Å². The summed E-state index contributed by atoms with van der Waals surface area (Å²) in [5.41, 5.74) is 1.42. The highest BCUT2D eigenvalue weighted by Crippen LogP contribution is 2.29. The standard InChI is InChI=1S/C12H16N2O2/c1-13-11-6-5-9(16-8-3-4-8)7-10(11)12(15)14-2/h5-8,13H,3-4H2,1-2H3,(H,14,15). The molecule has 0 spiro atoms. The molecule has 1 aliphatic carbocycles. The normalized spacial score (nSPS) is 14.4.